The van der Waals surface area contributed by atoms with Crippen LogP contribution < -0.4 is 15.5 Å². The number of hydrogen-bond donors (Lipinski definition) is 2. The van der Waals surface area contributed by atoms with Crippen molar-refractivity contribution in [1.82, 2.24) is 25.3 Å². The number of likely N-dealkylation sites (N-methyl/N-ethyl adjacent to an activating group) is 1. The number of piperazine rings is 1. The molecule has 1 aromatic carbocycles. The maximum absolute atomic E-state index is 16.2. The number of nitrogens with zero attached hydrogens (tertiary/aromatic N) is 5. The van der Waals surface area contributed by atoms with Crippen LogP contribution in [0.2, 0.25) is 0 Å². The molecule has 7 unspecified atom stereocenters. The summed E-state index contributed by atoms with van der Waals surface area (Å²) in [6.45, 7) is 9.48. The molecule has 4 aliphatic heterocycles. The van der Waals surface area contributed by atoms with Crippen molar-refractivity contribution in [3.05, 3.63) is 42.5 Å². The molecule has 8 atom stereocenters. The monoisotopic (exact) mass is 699 g/mol. The van der Waals surface area contributed by atoms with Gasteiger partial charge in [-0.1, -0.05) is 56.9 Å². The third-order valence-electron chi connectivity index (χ3n) is 14.2. The Hall–Kier alpha value is -2.81. The minimum atomic E-state index is -0.766. The molecule has 10 heteroatoms. The number of carbonyl (C=O) groups is 2. The molecule has 0 aromatic heterocycles. The fraction of sp³-hybridized carbons (Fsp3) is 0.732. The fourth-order valence-electron chi connectivity index (χ4n) is 11.3. The van der Waals surface area contributed by atoms with Crippen molar-refractivity contribution in [3.63, 3.8) is 0 Å². The molecule has 51 heavy (non-hydrogen) atoms. The van der Waals surface area contributed by atoms with Gasteiger partial charge < -0.3 is 19.4 Å². The van der Waals surface area contributed by atoms with Gasteiger partial charge in [-0.15, -0.1) is 0 Å². The molecule has 1 aromatic rings. The van der Waals surface area contributed by atoms with Crippen molar-refractivity contribution in [2.45, 2.75) is 127 Å². The van der Waals surface area contributed by atoms with Crippen LogP contribution >= 0.6 is 0 Å². The van der Waals surface area contributed by atoms with Crippen LogP contribution in [-0.4, -0.2) is 109 Å². The quantitative estimate of drug-likeness (QED) is 0.394. The average molecular weight is 700 g/mol. The molecule has 2 saturated carbocycles. The molecule has 278 valence electrons. The van der Waals surface area contributed by atoms with E-state index in [1.807, 2.05) is 4.90 Å². The number of benzene rings is 1. The second-order valence-electron chi connectivity index (χ2n) is 16.6. The summed E-state index contributed by atoms with van der Waals surface area (Å²) < 4.78 is 6.88. The lowest BCUT2D eigenvalue weighted by molar-refractivity contribution is -0.179. The van der Waals surface area contributed by atoms with Gasteiger partial charge in [0.15, 0.2) is 12.1 Å². The zero-order valence-corrected chi connectivity index (χ0v) is 31.3. The van der Waals surface area contributed by atoms with E-state index in [-0.39, 0.29) is 42.4 Å². The highest BCUT2D eigenvalue weighted by Gasteiger charge is 2.67. The van der Waals surface area contributed by atoms with Crippen LogP contribution in [0.4, 0.5) is 5.69 Å². The van der Waals surface area contributed by atoms with E-state index in [4.69, 9.17) is 4.74 Å². The lowest BCUT2D eigenvalue weighted by Crippen LogP contribution is -2.83. The smallest absolute Gasteiger partial charge is 0.246 e. The maximum Gasteiger partial charge on any atom is 0.246 e. The zero-order valence-electron chi connectivity index (χ0n) is 31.3. The Bertz CT molecular complexity index is 1470. The molecule has 1 spiro atoms. The number of carbonyl (C=O) groups excluding carboxylic acids is 2. The summed E-state index contributed by atoms with van der Waals surface area (Å²) in [5.74, 6) is 0.487. The minimum Gasteiger partial charge on any atom is -0.371 e. The van der Waals surface area contributed by atoms with E-state index in [1.165, 1.54) is 43.0 Å². The first-order valence-corrected chi connectivity index (χ1v) is 20.0. The van der Waals surface area contributed by atoms with Gasteiger partial charge in [0.25, 0.3) is 0 Å². The summed E-state index contributed by atoms with van der Waals surface area (Å²) in [6.07, 6.45) is 13.9. The second kappa shape index (κ2) is 15.3. The first-order valence-electron chi connectivity index (χ1n) is 20.0. The zero-order chi connectivity index (χ0) is 35.8. The number of nitriles is 1. The Labute approximate surface area is 305 Å². The Morgan fingerprint density at radius 1 is 1.04 bits per heavy atom. The van der Waals surface area contributed by atoms with E-state index < -0.39 is 17.3 Å². The summed E-state index contributed by atoms with van der Waals surface area (Å²) in [6, 6.07) is 11.2. The molecule has 1 amide bonds. The van der Waals surface area contributed by atoms with Crippen molar-refractivity contribution in [2.24, 2.45) is 17.3 Å². The molecule has 2 aliphatic carbocycles. The van der Waals surface area contributed by atoms with Gasteiger partial charge in [-0.2, -0.15) is 5.26 Å². The number of amides is 1. The maximum atomic E-state index is 16.2. The molecule has 2 N–H and O–H groups in total. The molecule has 5 fully saturated rings. The highest BCUT2D eigenvalue weighted by atomic mass is 16.5. The van der Waals surface area contributed by atoms with Gasteiger partial charge in [0.1, 0.15) is 0 Å². The standard InChI is InChI=1S/C41H61N7O3/c1-5-36(49)48-25-24-47(27-32(48)20-22-42)37-34-19-21-40(26-30-14-11-12-18-35(30)46(4)29(40)2)38(50)41(34,31-15-9-7-6-8-10-16-31)44-39(43-37)51-28-33-17-13-23-45(33)3/h5,11-12,14,18,29,31-34,37,39,43-44H,1,6-10,13,15-17,19-21,23-28H2,2-4H3/t29?,32?,33?,34?,37?,39?,40-,41?/m0/s1. The molecule has 0 bridgehead atoms. The van der Waals surface area contributed by atoms with Crippen molar-refractivity contribution in [3.8, 4) is 6.07 Å². The third-order valence-corrected chi connectivity index (χ3v) is 14.2. The first-order chi connectivity index (χ1) is 24.7. The summed E-state index contributed by atoms with van der Waals surface area (Å²) in [4.78, 5) is 38.2. The first kappa shape index (κ1) is 36.5. The molecule has 3 saturated heterocycles. The van der Waals surface area contributed by atoms with Crippen LogP contribution in [0.15, 0.2) is 36.9 Å². The van der Waals surface area contributed by atoms with Crippen molar-refractivity contribution >= 4 is 17.4 Å². The normalized spacial score (nSPS) is 36.9. The van der Waals surface area contributed by atoms with E-state index in [2.05, 4.69) is 83.3 Å². The highest BCUT2D eigenvalue weighted by Crippen LogP contribution is 2.56. The summed E-state index contributed by atoms with van der Waals surface area (Å²) >= 11 is 0. The van der Waals surface area contributed by atoms with Crippen molar-refractivity contribution < 1.29 is 14.3 Å². The SMILES string of the molecule is C=CC(=O)N1CCN(C2NC(OCC3CCCN3C)NC3(C4CCCCCCC4)C(=O)[C@@]4(CCC23)Cc2ccccc2N(C)C4C)CC1CC#N. The number of anilines is 1. The Morgan fingerprint density at radius 2 is 1.80 bits per heavy atom. The van der Waals surface area contributed by atoms with Gasteiger partial charge in [-0.25, -0.2) is 0 Å². The average Bonchev–Trinajstić information content (AvgIpc) is 3.54. The van der Waals surface area contributed by atoms with Crippen LogP contribution in [-0.2, 0) is 20.7 Å². The van der Waals surface area contributed by atoms with Crippen LogP contribution in [0.1, 0.15) is 89.5 Å². The van der Waals surface area contributed by atoms with Gasteiger partial charge in [-0.3, -0.25) is 25.1 Å². The van der Waals surface area contributed by atoms with Crippen LogP contribution in [0.5, 0.6) is 0 Å². The number of nitrogens with one attached hydrogen (secondary N) is 2. The van der Waals surface area contributed by atoms with Crippen LogP contribution in [0.3, 0.4) is 0 Å². The van der Waals surface area contributed by atoms with Crippen molar-refractivity contribution in [2.75, 3.05) is 51.8 Å². The van der Waals surface area contributed by atoms with Gasteiger partial charge in [0.2, 0.25) is 5.91 Å². The van der Waals surface area contributed by atoms with Gasteiger partial charge in [0.05, 0.1) is 42.3 Å². The highest BCUT2D eigenvalue weighted by molar-refractivity contribution is 5.97. The predicted octanol–water partition coefficient (Wildman–Crippen LogP) is 4.66. The lowest BCUT2D eigenvalue weighted by Gasteiger charge is -2.64. The van der Waals surface area contributed by atoms with Gasteiger partial charge in [-0.05, 0) is 89.1 Å². The minimum absolute atomic E-state index is 0.0214. The molecule has 0 radical (unpaired) electrons. The van der Waals surface area contributed by atoms with Gasteiger partial charge in [0, 0.05) is 50.4 Å². The van der Waals surface area contributed by atoms with E-state index >= 15 is 4.79 Å². The number of hydrogen-bond acceptors (Lipinski definition) is 9. The molecule has 7 rings (SSSR count). The fourth-order valence-corrected chi connectivity index (χ4v) is 11.3. The number of ether oxygens (including phenoxy) is 1. The molecular formula is C41H61N7O3. The largest absolute Gasteiger partial charge is 0.371 e. The Morgan fingerprint density at radius 3 is 2.53 bits per heavy atom. The number of para-hydroxylation sites is 1. The summed E-state index contributed by atoms with van der Waals surface area (Å²) in [5, 5.41) is 17.8. The molecular weight excluding hydrogens is 638 g/mol. The van der Waals surface area contributed by atoms with E-state index in [9.17, 15) is 10.1 Å². The number of likely N-dealkylation sites (tertiary alicyclic amines) is 1. The molecule has 10 nitrogen and oxygen atoms in total. The number of ketones is 1. The van der Waals surface area contributed by atoms with Crippen molar-refractivity contribution in [1.29, 1.82) is 5.26 Å². The topological polar surface area (TPSA) is 104 Å². The number of fused-ring (bicyclic) bond motifs is 2. The van der Waals surface area contributed by atoms with Gasteiger partial charge >= 0.3 is 0 Å². The van der Waals surface area contributed by atoms with E-state index in [0.29, 0.717) is 38.1 Å². The lowest BCUT2D eigenvalue weighted by atomic mass is 9.50. The Balaban J connectivity index is 1.30. The number of Topliss-reactive ketones (excluding diaryl/α,β-unsaturated/α-hetero) is 1. The van der Waals surface area contributed by atoms with Crippen LogP contribution in [0, 0.1) is 28.6 Å². The number of rotatable bonds is 7. The van der Waals surface area contributed by atoms with E-state index in [1.54, 1.807) is 0 Å². The Kier molecular flexibility index (Phi) is 10.9. The summed E-state index contributed by atoms with van der Waals surface area (Å²) in [5.41, 5.74) is 1.21. The van der Waals surface area contributed by atoms with Crippen LogP contribution in [0.25, 0.3) is 0 Å². The second-order valence-corrected chi connectivity index (χ2v) is 16.6. The molecule has 4 heterocycles. The summed E-state index contributed by atoms with van der Waals surface area (Å²) in [7, 11) is 4.36. The molecule has 6 aliphatic rings. The predicted molar refractivity (Wildman–Crippen MR) is 200 cm³/mol. The third kappa shape index (κ3) is 6.56. The van der Waals surface area contributed by atoms with E-state index in [0.717, 1.165) is 57.9 Å².